The van der Waals surface area contributed by atoms with Gasteiger partial charge >= 0.3 is 5.97 Å². The Morgan fingerprint density at radius 3 is 2.42 bits per heavy atom. The van der Waals surface area contributed by atoms with E-state index in [-0.39, 0.29) is 0 Å². The molecule has 0 fully saturated rings. The van der Waals surface area contributed by atoms with E-state index in [1.165, 1.54) is 0 Å². The average Bonchev–Trinajstić information content (AvgIpc) is 1.84. The van der Waals surface area contributed by atoms with E-state index in [1.807, 2.05) is 6.92 Å². The molecule has 0 spiro atoms. The molecule has 0 radical (unpaired) electrons. The maximum atomic E-state index is 10.7. The molecular formula is C7H14O4S. The SMILES string of the molecule is CCCCOC(=O)CS(C)(=O)=O. The molecule has 0 aromatic rings. The second-order valence-corrected chi connectivity index (χ2v) is 4.78. The van der Waals surface area contributed by atoms with Gasteiger partial charge in [-0.05, 0) is 6.42 Å². The van der Waals surface area contributed by atoms with Crippen LogP contribution >= 0.6 is 0 Å². The van der Waals surface area contributed by atoms with E-state index in [0.717, 1.165) is 19.1 Å². The van der Waals surface area contributed by atoms with E-state index in [9.17, 15) is 13.2 Å². The third-order valence-electron chi connectivity index (χ3n) is 1.14. The summed E-state index contributed by atoms with van der Waals surface area (Å²) in [6, 6.07) is 0. The molecule has 72 valence electrons. The largest absolute Gasteiger partial charge is 0.465 e. The number of unbranched alkanes of at least 4 members (excludes halogenated alkanes) is 1. The van der Waals surface area contributed by atoms with Crippen molar-refractivity contribution in [3.8, 4) is 0 Å². The summed E-state index contributed by atoms with van der Waals surface area (Å²) in [4.78, 5) is 10.7. The number of sulfone groups is 1. The summed E-state index contributed by atoms with van der Waals surface area (Å²) in [5.41, 5.74) is 0. The van der Waals surface area contributed by atoms with Crippen molar-refractivity contribution < 1.29 is 17.9 Å². The molecule has 0 aliphatic carbocycles. The van der Waals surface area contributed by atoms with Gasteiger partial charge in [0.15, 0.2) is 9.84 Å². The molecule has 5 heteroatoms. The van der Waals surface area contributed by atoms with Crippen molar-refractivity contribution >= 4 is 15.8 Å². The van der Waals surface area contributed by atoms with Crippen molar-refractivity contribution in [3.05, 3.63) is 0 Å². The second-order valence-electron chi connectivity index (χ2n) is 2.64. The molecule has 0 amide bonds. The highest BCUT2D eigenvalue weighted by Crippen LogP contribution is 1.91. The van der Waals surface area contributed by atoms with Gasteiger partial charge in [0.25, 0.3) is 0 Å². The van der Waals surface area contributed by atoms with Crippen molar-refractivity contribution in [2.75, 3.05) is 18.6 Å². The monoisotopic (exact) mass is 194 g/mol. The van der Waals surface area contributed by atoms with Gasteiger partial charge in [-0.1, -0.05) is 13.3 Å². The molecule has 0 aromatic heterocycles. The van der Waals surface area contributed by atoms with Crippen LogP contribution in [0.4, 0.5) is 0 Å². The molecule has 0 aliphatic heterocycles. The smallest absolute Gasteiger partial charge is 0.321 e. The van der Waals surface area contributed by atoms with Crippen LogP contribution in [0.25, 0.3) is 0 Å². The second kappa shape index (κ2) is 5.13. The van der Waals surface area contributed by atoms with E-state index in [2.05, 4.69) is 4.74 Å². The van der Waals surface area contributed by atoms with Crippen LogP contribution in [0.5, 0.6) is 0 Å². The van der Waals surface area contributed by atoms with E-state index < -0.39 is 21.6 Å². The van der Waals surface area contributed by atoms with Gasteiger partial charge in [0.2, 0.25) is 0 Å². The Balaban J connectivity index is 3.62. The summed E-state index contributed by atoms with van der Waals surface area (Å²) >= 11 is 0. The first kappa shape index (κ1) is 11.4. The number of ether oxygens (including phenoxy) is 1. The van der Waals surface area contributed by atoms with Crippen molar-refractivity contribution in [3.63, 3.8) is 0 Å². The molecule has 0 saturated heterocycles. The van der Waals surface area contributed by atoms with Gasteiger partial charge in [0.1, 0.15) is 5.75 Å². The average molecular weight is 194 g/mol. The fraction of sp³-hybridized carbons (Fsp3) is 0.857. The Morgan fingerprint density at radius 1 is 1.42 bits per heavy atom. The van der Waals surface area contributed by atoms with Crippen LogP contribution in [0.15, 0.2) is 0 Å². The van der Waals surface area contributed by atoms with Gasteiger partial charge in [-0.15, -0.1) is 0 Å². The minimum absolute atomic E-state index is 0.310. The highest BCUT2D eigenvalue weighted by molar-refractivity contribution is 7.91. The van der Waals surface area contributed by atoms with Crippen molar-refractivity contribution in [1.29, 1.82) is 0 Å². The highest BCUT2D eigenvalue weighted by Gasteiger charge is 2.11. The fourth-order valence-electron chi connectivity index (χ4n) is 0.586. The normalized spacial score (nSPS) is 11.2. The predicted molar refractivity (Wildman–Crippen MR) is 45.6 cm³/mol. The maximum Gasteiger partial charge on any atom is 0.321 e. The first-order valence-corrected chi connectivity index (χ1v) is 5.85. The molecule has 0 N–H and O–H groups in total. The Morgan fingerprint density at radius 2 is 2.00 bits per heavy atom. The van der Waals surface area contributed by atoms with E-state index in [1.54, 1.807) is 0 Å². The highest BCUT2D eigenvalue weighted by atomic mass is 32.2. The number of hydrogen-bond donors (Lipinski definition) is 0. The molecule has 0 unspecified atom stereocenters. The summed E-state index contributed by atoms with van der Waals surface area (Å²) in [5.74, 6) is -1.18. The van der Waals surface area contributed by atoms with Crippen LogP contribution in [0.1, 0.15) is 19.8 Å². The fourth-order valence-corrected chi connectivity index (χ4v) is 1.10. The molecular weight excluding hydrogens is 180 g/mol. The van der Waals surface area contributed by atoms with E-state index >= 15 is 0 Å². The van der Waals surface area contributed by atoms with Gasteiger partial charge in [-0.3, -0.25) is 4.79 Å². The summed E-state index contributed by atoms with van der Waals surface area (Å²) in [6.45, 7) is 2.27. The molecule has 0 aromatic carbocycles. The maximum absolute atomic E-state index is 10.7. The standard InChI is InChI=1S/C7H14O4S/c1-3-4-5-11-7(8)6-12(2,9)10/h3-6H2,1-2H3. The van der Waals surface area contributed by atoms with Crippen LogP contribution in [0.2, 0.25) is 0 Å². The van der Waals surface area contributed by atoms with Gasteiger partial charge in [0.05, 0.1) is 6.61 Å². The molecule has 0 saturated carbocycles. The topological polar surface area (TPSA) is 60.4 Å². The van der Waals surface area contributed by atoms with Crippen LogP contribution < -0.4 is 0 Å². The molecule has 12 heavy (non-hydrogen) atoms. The molecule has 0 bridgehead atoms. The molecule has 0 heterocycles. The number of carbonyl (C=O) groups excluding carboxylic acids is 1. The van der Waals surface area contributed by atoms with Crippen LogP contribution in [-0.2, 0) is 19.4 Å². The molecule has 4 nitrogen and oxygen atoms in total. The van der Waals surface area contributed by atoms with E-state index in [4.69, 9.17) is 0 Å². The number of esters is 1. The zero-order chi connectivity index (χ0) is 9.61. The lowest BCUT2D eigenvalue weighted by atomic mass is 10.4. The van der Waals surface area contributed by atoms with Crippen LogP contribution in [0, 0.1) is 0 Å². The molecule has 0 aliphatic rings. The summed E-state index contributed by atoms with van der Waals surface area (Å²) in [5, 5.41) is 0. The quantitative estimate of drug-likeness (QED) is 0.469. The third-order valence-corrected chi connectivity index (χ3v) is 1.90. The van der Waals surface area contributed by atoms with Gasteiger partial charge in [-0.2, -0.15) is 0 Å². The van der Waals surface area contributed by atoms with Gasteiger partial charge in [-0.25, -0.2) is 8.42 Å². The zero-order valence-electron chi connectivity index (χ0n) is 7.37. The Labute approximate surface area is 72.8 Å². The van der Waals surface area contributed by atoms with Gasteiger partial charge < -0.3 is 4.74 Å². The van der Waals surface area contributed by atoms with Crippen molar-refractivity contribution in [2.45, 2.75) is 19.8 Å². The van der Waals surface area contributed by atoms with Crippen molar-refractivity contribution in [1.82, 2.24) is 0 Å². The Bertz CT molecular complexity index is 230. The minimum Gasteiger partial charge on any atom is -0.465 e. The number of carbonyl (C=O) groups is 1. The van der Waals surface area contributed by atoms with Gasteiger partial charge in [0, 0.05) is 6.26 Å². The first-order valence-electron chi connectivity index (χ1n) is 3.79. The van der Waals surface area contributed by atoms with E-state index in [0.29, 0.717) is 6.61 Å². The van der Waals surface area contributed by atoms with Crippen LogP contribution in [0.3, 0.4) is 0 Å². The predicted octanol–water partition coefficient (Wildman–Crippen LogP) is 0.374. The third kappa shape index (κ3) is 7.53. The number of hydrogen-bond acceptors (Lipinski definition) is 4. The number of rotatable bonds is 5. The zero-order valence-corrected chi connectivity index (χ0v) is 8.19. The molecule has 0 rings (SSSR count). The lowest BCUT2D eigenvalue weighted by molar-refractivity contribution is -0.140. The van der Waals surface area contributed by atoms with Crippen molar-refractivity contribution in [2.24, 2.45) is 0 Å². The summed E-state index contributed by atoms with van der Waals surface area (Å²) in [7, 11) is -3.24. The Kier molecular flexibility index (Phi) is 4.89. The van der Waals surface area contributed by atoms with Crippen LogP contribution in [-0.4, -0.2) is 33.0 Å². The first-order chi connectivity index (χ1) is 5.45. The lowest BCUT2D eigenvalue weighted by Gasteiger charge is -2.01. The summed E-state index contributed by atoms with van der Waals surface area (Å²) in [6.07, 6.45) is 2.70. The molecule has 0 atom stereocenters. The summed E-state index contributed by atoms with van der Waals surface area (Å²) < 4.78 is 25.8. The lowest BCUT2D eigenvalue weighted by Crippen LogP contribution is -2.17. The minimum atomic E-state index is -3.24. The Hall–Kier alpha value is -0.580.